The molecule has 0 aromatic rings. The van der Waals surface area contributed by atoms with Gasteiger partial charge < -0.3 is 9.80 Å². The van der Waals surface area contributed by atoms with Gasteiger partial charge in [-0.2, -0.15) is 0 Å². The van der Waals surface area contributed by atoms with Crippen LogP contribution in [-0.4, -0.2) is 47.8 Å². The van der Waals surface area contributed by atoms with Crippen molar-refractivity contribution < 1.29 is 9.59 Å². The van der Waals surface area contributed by atoms with Crippen molar-refractivity contribution in [2.45, 2.75) is 31.7 Å². The van der Waals surface area contributed by atoms with Crippen molar-refractivity contribution in [3.8, 4) is 0 Å². The molecule has 0 atom stereocenters. The Bertz CT molecular complexity index is 234. The molecule has 2 amide bonds. The van der Waals surface area contributed by atoms with Gasteiger partial charge in [0.1, 0.15) is 0 Å². The third-order valence-corrected chi connectivity index (χ3v) is 3.14. The minimum Gasteiger partial charge on any atom is -0.340 e. The Morgan fingerprint density at radius 3 is 2.43 bits per heavy atom. The maximum atomic E-state index is 11.5. The molecular formula is C10H15N2O2. The van der Waals surface area contributed by atoms with Gasteiger partial charge in [-0.05, 0) is 19.3 Å². The molecule has 4 heteroatoms. The van der Waals surface area contributed by atoms with Crippen molar-refractivity contribution >= 4 is 12.3 Å². The third-order valence-electron chi connectivity index (χ3n) is 3.14. The maximum Gasteiger partial charge on any atom is 0.312 e. The largest absolute Gasteiger partial charge is 0.340 e. The molecule has 2 heterocycles. The second-order valence-electron chi connectivity index (χ2n) is 4.00. The predicted molar refractivity (Wildman–Crippen MR) is 51.2 cm³/mol. The van der Waals surface area contributed by atoms with Gasteiger partial charge in [-0.25, -0.2) is 0 Å². The van der Waals surface area contributed by atoms with Crippen LogP contribution in [0.3, 0.4) is 0 Å². The molecular weight excluding hydrogens is 180 g/mol. The van der Waals surface area contributed by atoms with Crippen LogP contribution < -0.4 is 0 Å². The SMILES string of the molecule is O=[C]N1CCC(N2CCCC2=O)CC1. The summed E-state index contributed by atoms with van der Waals surface area (Å²) in [6.45, 7) is 2.41. The van der Waals surface area contributed by atoms with Crippen LogP contribution in [0.2, 0.25) is 0 Å². The average molecular weight is 195 g/mol. The molecule has 2 fully saturated rings. The van der Waals surface area contributed by atoms with E-state index in [1.807, 2.05) is 11.3 Å². The molecule has 14 heavy (non-hydrogen) atoms. The Kier molecular flexibility index (Phi) is 2.70. The molecule has 0 aromatic carbocycles. The number of carbonyl (C=O) groups is 1. The van der Waals surface area contributed by atoms with Crippen LogP contribution in [0.15, 0.2) is 0 Å². The van der Waals surface area contributed by atoms with Gasteiger partial charge >= 0.3 is 6.41 Å². The van der Waals surface area contributed by atoms with E-state index in [4.69, 9.17) is 0 Å². The highest BCUT2D eigenvalue weighted by Gasteiger charge is 2.30. The zero-order chi connectivity index (χ0) is 9.97. The van der Waals surface area contributed by atoms with Crippen LogP contribution in [0.5, 0.6) is 0 Å². The predicted octanol–water partition coefficient (Wildman–Crippen LogP) is 0.140. The number of rotatable bonds is 2. The lowest BCUT2D eigenvalue weighted by atomic mass is 10.0. The fourth-order valence-corrected chi connectivity index (χ4v) is 2.32. The van der Waals surface area contributed by atoms with Crippen LogP contribution >= 0.6 is 0 Å². The van der Waals surface area contributed by atoms with E-state index in [1.165, 1.54) is 0 Å². The summed E-state index contributed by atoms with van der Waals surface area (Å²) in [5, 5.41) is 0. The van der Waals surface area contributed by atoms with Crippen LogP contribution in [0.1, 0.15) is 25.7 Å². The van der Waals surface area contributed by atoms with E-state index >= 15 is 0 Å². The highest BCUT2D eigenvalue weighted by Crippen LogP contribution is 2.21. The van der Waals surface area contributed by atoms with Gasteiger partial charge in [0.2, 0.25) is 5.91 Å². The summed E-state index contributed by atoms with van der Waals surface area (Å²) in [5.74, 6) is 0.290. The number of piperidine rings is 1. The van der Waals surface area contributed by atoms with Gasteiger partial charge in [-0.3, -0.25) is 9.59 Å². The van der Waals surface area contributed by atoms with E-state index < -0.39 is 0 Å². The molecule has 0 aliphatic carbocycles. The van der Waals surface area contributed by atoms with Gasteiger partial charge in [-0.1, -0.05) is 0 Å². The zero-order valence-corrected chi connectivity index (χ0v) is 8.24. The van der Waals surface area contributed by atoms with Crippen LogP contribution in [0, 0.1) is 0 Å². The third kappa shape index (κ3) is 1.74. The van der Waals surface area contributed by atoms with Gasteiger partial charge in [0, 0.05) is 32.1 Å². The Balaban J connectivity index is 1.88. The van der Waals surface area contributed by atoms with Gasteiger partial charge in [0.05, 0.1) is 0 Å². The molecule has 0 unspecified atom stereocenters. The topological polar surface area (TPSA) is 40.6 Å². The Morgan fingerprint density at radius 2 is 1.93 bits per heavy atom. The number of nitrogens with zero attached hydrogens (tertiary/aromatic N) is 2. The lowest BCUT2D eigenvalue weighted by Gasteiger charge is -2.34. The maximum absolute atomic E-state index is 11.5. The summed E-state index contributed by atoms with van der Waals surface area (Å²) in [7, 11) is 0. The highest BCUT2D eigenvalue weighted by molar-refractivity contribution is 5.78. The van der Waals surface area contributed by atoms with Gasteiger partial charge in [-0.15, -0.1) is 0 Å². The molecule has 0 N–H and O–H groups in total. The first kappa shape index (κ1) is 9.49. The summed E-state index contributed by atoms with van der Waals surface area (Å²) in [5.41, 5.74) is 0. The number of hydrogen-bond donors (Lipinski definition) is 0. The minimum atomic E-state index is 0.290. The zero-order valence-electron chi connectivity index (χ0n) is 8.24. The van der Waals surface area contributed by atoms with Crippen LogP contribution in [0.4, 0.5) is 0 Å². The van der Waals surface area contributed by atoms with Gasteiger partial charge in [0.25, 0.3) is 0 Å². The first-order valence-corrected chi connectivity index (χ1v) is 5.23. The molecule has 0 bridgehead atoms. The van der Waals surface area contributed by atoms with Gasteiger partial charge in [0.15, 0.2) is 0 Å². The smallest absolute Gasteiger partial charge is 0.312 e. The molecule has 4 nitrogen and oxygen atoms in total. The summed E-state index contributed by atoms with van der Waals surface area (Å²) >= 11 is 0. The van der Waals surface area contributed by atoms with E-state index in [9.17, 15) is 9.59 Å². The Morgan fingerprint density at radius 1 is 1.21 bits per heavy atom. The lowest BCUT2D eigenvalue weighted by Crippen LogP contribution is -2.44. The molecule has 0 saturated carbocycles. The molecule has 2 saturated heterocycles. The van der Waals surface area contributed by atoms with Crippen molar-refractivity contribution in [2.24, 2.45) is 0 Å². The number of likely N-dealkylation sites (tertiary alicyclic amines) is 2. The quantitative estimate of drug-likeness (QED) is 0.629. The minimum absolute atomic E-state index is 0.290. The fourth-order valence-electron chi connectivity index (χ4n) is 2.32. The molecule has 77 valence electrons. The van der Waals surface area contributed by atoms with Crippen molar-refractivity contribution in [3.63, 3.8) is 0 Å². The second-order valence-corrected chi connectivity index (χ2v) is 4.00. The molecule has 1 radical (unpaired) electrons. The second kappa shape index (κ2) is 3.98. The fraction of sp³-hybridized carbons (Fsp3) is 0.800. The standard InChI is InChI=1S/C10H15N2O2/c13-8-11-6-3-9(4-7-11)12-5-1-2-10(12)14/h9H,1-7H2. The van der Waals surface area contributed by atoms with E-state index in [1.54, 1.807) is 4.90 Å². The van der Waals surface area contributed by atoms with E-state index in [0.29, 0.717) is 18.4 Å². The monoisotopic (exact) mass is 195 g/mol. The first-order valence-electron chi connectivity index (χ1n) is 5.23. The summed E-state index contributed by atoms with van der Waals surface area (Å²) in [6, 6.07) is 0.370. The van der Waals surface area contributed by atoms with Crippen LogP contribution in [-0.2, 0) is 9.59 Å². The van der Waals surface area contributed by atoms with Crippen molar-refractivity contribution in [3.05, 3.63) is 0 Å². The molecule has 2 aliphatic heterocycles. The lowest BCUT2D eigenvalue weighted by molar-refractivity contribution is -0.130. The number of hydrogen-bond acceptors (Lipinski definition) is 2. The molecule has 2 aliphatic rings. The summed E-state index contributed by atoms with van der Waals surface area (Å²) in [4.78, 5) is 25.5. The van der Waals surface area contributed by atoms with Crippen molar-refractivity contribution in [1.82, 2.24) is 9.80 Å². The van der Waals surface area contributed by atoms with Crippen LogP contribution in [0.25, 0.3) is 0 Å². The molecule has 2 rings (SSSR count). The number of amides is 2. The molecule has 0 spiro atoms. The Labute approximate surface area is 83.9 Å². The van der Waals surface area contributed by atoms with Crippen molar-refractivity contribution in [2.75, 3.05) is 19.6 Å². The first-order chi connectivity index (χ1) is 6.81. The number of carbonyl (C=O) groups excluding carboxylic acids is 2. The van der Waals surface area contributed by atoms with E-state index in [2.05, 4.69) is 0 Å². The molecule has 0 aromatic heterocycles. The average Bonchev–Trinajstić information content (AvgIpc) is 2.65. The summed E-state index contributed by atoms with van der Waals surface area (Å²) < 4.78 is 0. The van der Waals surface area contributed by atoms with Crippen molar-refractivity contribution in [1.29, 1.82) is 0 Å². The summed E-state index contributed by atoms with van der Waals surface area (Å²) in [6.07, 6.45) is 5.45. The van der Waals surface area contributed by atoms with E-state index in [0.717, 1.165) is 38.9 Å². The highest BCUT2D eigenvalue weighted by atomic mass is 16.2. The normalized spacial score (nSPS) is 24.4. The van der Waals surface area contributed by atoms with E-state index in [-0.39, 0.29) is 0 Å². The Hall–Kier alpha value is -1.06.